The van der Waals surface area contributed by atoms with Gasteiger partial charge in [0.15, 0.2) is 0 Å². The predicted molar refractivity (Wildman–Crippen MR) is 101 cm³/mol. The lowest BCUT2D eigenvalue weighted by atomic mass is 9.66. The highest BCUT2D eigenvalue weighted by Gasteiger charge is 2.34. The van der Waals surface area contributed by atoms with E-state index in [9.17, 15) is 10.2 Å². The Morgan fingerprint density at radius 2 is 1.25 bits per heavy atom. The van der Waals surface area contributed by atoms with Gasteiger partial charge in [0.2, 0.25) is 0 Å². The van der Waals surface area contributed by atoms with Gasteiger partial charge in [-0.05, 0) is 47.7 Å². The Kier molecular flexibility index (Phi) is 6.30. The molecule has 0 bridgehead atoms. The summed E-state index contributed by atoms with van der Waals surface area (Å²) in [6, 6.07) is 15.1. The van der Waals surface area contributed by atoms with E-state index in [-0.39, 0.29) is 5.41 Å². The highest BCUT2D eigenvalue weighted by Crippen LogP contribution is 2.42. The number of aromatic hydroxyl groups is 2. The lowest BCUT2D eigenvalue weighted by Gasteiger charge is -2.37. The number of hydrogen-bond acceptors (Lipinski definition) is 2. The molecule has 0 aliphatic rings. The Balaban J connectivity index is 2.33. The lowest BCUT2D eigenvalue weighted by molar-refractivity contribution is 0.338. The summed E-state index contributed by atoms with van der Waals surface area (Å²) in [6.45, 7) is 6.82. The molecule has 0 amide bonds. The smallest absolute Gasteiger partial charge is 0.115 e. The van der Waals surface area contributed by atoms with E-state index in [0.717, 1.165) is 6.42 Å². The molecular formula is C22H30O2. The van der Waals surface area contributed by atoms with E-state index in [1.807, 2.05) is 24.3 Å². The fraction of sp³-hybridized carbons (Fsp3) is 0.455. The second-order valence-electron chi connectivity index (χ2n) is 7.05. The predicted octanol–water partition coefficient (Wildman–Crippen LogP) is 6.01. The normalized spacial score (nSPS) is 13.0. The molecular weight excluding hydrogens is 296 g/mol. The Morgan fingerprint density at radius 1 is 0.792 bits per heavy atom. The van der Waals surface area contributed by atoms with Gasteiger partial charge in [-0.1, -0.05) is 70.7 Å². The zero-order chi connectivity index (χ0) is 17.6. The van der Waals surface area contributed by atoms with Gasteiger partial charge >= 0.3 is 0 Å². The van der Waals surface area contributed by atoms with E-state index in [1.165, 1.54) is 36.8 Å². The number of rotatable bonds is 8. The van der Waals surface area contributed by atoms with Crippen molar-refractivity contribution in [1.82, 2.24) is 0 Å². The Labute approximate surface area is 146 Å². The third-order valence-electron chi connectivity index (χ3n) is 5.41. The molecule has 1 atom stereocenters. The molecule has 0 spiro atoms. The quantitative estimate of drug-likeness (QED) is 0.583. The van der Waals surface area contributed by atoms with Gasteiger partial charge in [0.1, 0.15) is 11.5 Å². The minimum absolute atomic E-state index is 0.145. The molecule has 130 valence electrons. The van der Waals surface area contributed by atoms with Gasteiger partial charge in [-0.2, -0.15) is 0 Å². The van der Waals surface area contributed by atoms with Crippen LogP contribution in [0.3, 0.4) is 0 Å². The summed E-state index contributed by atoms with van der Waals surface area (Å²) in [5, 5.41) is 19.3. The van der Waals surface area contributed by atoms with Crippen LogP contribution in [0.25, 0.3) is 0 Å². The number of unbranched alkanes of at least 4 members (excludes halogenated alkanes) is 3. The van der Waals surface area contributed by atoms with Crippen LogP contribution in [-0.4, -0.2) is 10.2 Å². The molecule has 2 rings (SSSR count). The van der Waals surface area contributed by atoms with Crippen LogP contribution in [0.15, 0.2) is 48.5 Å². The maximum Gasteiger partial charge on any atom is 0.115 e. The Hall–Kier alpha value is -1.96. The molecule has 2 heteroatoms. The van der Waals surface area contributed by atoms with E-state index in [1.54, 1.807) is 24.3 Å². The fourth-order valence-corrected chi connectivity index (χ4v) is 3.52. The maximum atomic E-state index is 9.64. The molecule has 2 N–H and O–H groups in total. The van der Waals surface area contributed by atoms with Crippen molar-refractivity contribution in [2.24, 2.45) is 5.92 Å². The average Bonchev–Trinajstić information content (AvgIpc) is 2.59. The van der Waals surface area contributed by atoms with E-state index >= 15 is 0 Å². The fourth-order valence-electron chi connectivity index (χ4n) is 3.52. The molecule has 2 nitrogen and oxygen atoms in total. The number of phenolic OH excluding ortho intramolecular Hbond substituents is 2. The van der Waals surface area contributed by atoms with Crippen molar-refractivity contribution in [3.63, 3.8) is 0 Å². The first kappa shape index (κ1) is 18.4. The van der Waals surface area contributed by atoms with Gasteiger partial charge in [0, 0.05) is 5.41 Å². The Morgan fingerprint density at radius 3 is 1.67 bits per heavy atom. The van der Waals surface area contributed by atoms with E-state index in [2.05, 4.69) is 20.8 Å². The summed E-state index contributed by atoms with van der Waals surface area (Å²) in [6.07, 6.45) is 6.23. The van der Waals surface area contributed by atoms with Crippen LogP contribution in [0.1, 0.15) is 64.0 Å². The summed E-state index contributed by atoms with van der Waals surface area (Å²) < 4.78 is 0. The summed E-state index contributed by atoms with van der Waals surface area (Å²) in [7, 11) is 0. The number of hydrogen-bond donors (Lipinski definition) is 2. The van der Waals surface area contributed by atoms with Crippen molar-refractivity contribution < 1.29 is 10.2 Å². The summed E-state index contributed by atoms with van der Waals surface area (Å²) in [4.78, 5) is 0. The molecule has 1 unspecified atom stereocenters. The summed E-state index contributed by atoms with van der Waals surface area (Å²) >= 11 is 0. The van der Waals surface area contributed by atoms with E-state index in [0.29, 0.717) is 17.4 Å². The molecule has 0 saturated heterocycles. The SMILES string of the molecule is CCCCCCC(C)C(C)(c1ccc(O)cc1)c1ccc(O)cc1. The van der Waals surface area contributed by atoms with Crippen molar-refractivity contribution >= 4 is 0 Å². The first-order valence-corrected chi connectivity index (χ1v) is 9.07. The van der Waals surface area contributed by atoms with Crippen LogP contribution < -0.4 is 0 Å². The van der Waals surface area contributed by atoms with Gasteiger partial charge in [-0.3, -0.25) is 0 Å². The molecule has 0 heterocycles. The maximum absolute atomic E-state index is 9.64. The lowest BCUT2D eigenvalue weighted by Crippen LogP contribution is -2.31. The number of benzene rings is 2. The zero-order valence-corrected chi connectivity index (χ0v) is 15.1. The van der Waals surface area contributed by atoms with Gasteiger partial charge in [-0.15, -0.1) is 0 Å². The third-order valence-corrected chi connectivity index (χ3v) is 5.41. The van der Waals surface area contributed by atoms with Crippen molar-refractivity contribution in [3.8, 4) is 11.5 Å². The van der Waals surface area contributed by atoms with Gasteiger partial charge in [0.25, 0.3) is 0 Å². The minimum atomic E-state index is -0.145. The van der Waals surface area contributed by atoms with E-state index in [4.69, 9.17) is 0 Å². The van der Waals surface area contributed by atoms with Gasteiger partial charge in [-0.25, -0.2) is 0 Å². The molecule has 0 fully saturated rings. The molecule has 2 aromatic carbocycles. The van der Waals surface area contributed by atoms with Crippen molar-refractivity contribution in [2.75, 3.05) is 0 Å². The van der Waals surface area contributed by atoms with Crippen molar-refractivity contribution in [1.29, 1.82) is 0 Å². The summed E-state index contributed by atoms with van der Waals surface area (Å²) in [5.74, 6) is 1.05. The zero-order valence-electron chi connectivity index (χ0n) is 15.1. The second-order valence-corrected chi connectivity index (χ2v) is 7.05. The molecule has 24 heavy (non-hydrogen) atoms. The molecule has 2 aromatic rings. The largest absolute Gasteiger partial charge is 0.508 e. The van der Waals surface area contributed by atoms with Crippen LogP contribution in [0.2, 0.25) is 0 Å². The van der Waals surface area contributed by atoms with Crippen LogP contribution >= 0.6 is 0 Å². The minimum Gasteiger partial charge on any atom is -0.508 e. The first-order valence-electron chi connectivity index (χ1n) is 9.07. The Bertz CT molecular complexity index is 568. The second kappa shape index (κ2) is 8.23. The van der Waals surface area contributed by atoms with Gasteiger partial charge < -0.3 is 10.2 Å². The van der Waals surface area contributed by atoms with Crippen LogP contribution in [0.5, 0.6) is 11.5 Å². The molecule has 0 aromatic heterocycles. The van der Waals surface area contributed by atoms with Crippen LogP contribution in [0, 0.1) is 5.92 Å². The summed E-state index contributed by atoms with van der Waals surface area (Å²) in [5.41, 5.74) is 2.26. The van der Waals surface area contributed by atoms with Gasteiger partial charge in [0.05, 0.1) is 0 Å². The molecule has 0 saturated carbocycles. The molecule has 0 aliphatic carbocycles. The van der Waals surface area contributed by atoms with Crippen molar-refractivity contribution in [3.05, 3.63) is 59.7 Å². The van der Waals surface area contributed by atoms with Crippen LogP contribution in [-0.2, 0) is 5.41 Å². The van der Waals surface area contributed by atoms with Crippen molar-refractivity contribution in [2.45, 2.75) is 58.3 Å². The standard InChI is InChI=1S/C22H30O2/c1-4-5-6-7-8-17(2)22(3,18-9-13-20(23)14-10-18)19-11-15-21(24)16-12-19/h9-17,23-24H,4-8H2,1-3H3. The average molecular weight is 326 g/mol. The molecule has 0 radical (unpaired) electrons. The molecule has 0 aliphatic heterocycles. The van der Waals surface area contributed by atoms with E-state index < -0.39 is 0 Å². The third kappa shape index (κ3) is 4.11. The topological polar surface area (TPSA) is 40.5 Å². The van der Waals surface area contributed by atoms with Crippen LogP contribution in [0.4, 0.5) is 0 Å². The highest BCUT2D eigenvalue weighted by molar-refractivity contribution is 5.42. The highest BCUT2D eigenvalue weighted by atomic mass is 16.3. The monoisotopic (exact) mass is 326 g/mol. The number of phenols is 2. The first-order chi connectivity index (χ1) is 11.5.